The van der Waals surface area contributed by atoms with Gasteiger partial charge in [0.15, 0.2) is 0 Å². The maximum absolute atomic E-state index is 9.84. The standard InChI is InChI=1S/C6H6.C4H6O2.2CO.Cr/c1-2-4-6-5-3-1;1-3-4(5)6-2;2*1-2;/h1-6H;3H,1H2,2H3;;;. The molecule has 0 N–H and O–H groups in total. The molecule has 1 rings (SSSR count). The summed E-state index contributed by atoms with van der Waals surface area (Å²) < 4.78 is 19.1. The number of rotatable bonds is 1. The van der Waals surface area contributed by atoms with Crippen molar-refractivity contribution in [1.29, 1.82) is 0 Å². The van der Waals surface area contributed by atoms with Crippen molar-refractivity contribution in [2.24, 2.45) is 0 Å². The van der Waals surface area contributed by atoms with Gasteiger partial charge in [0.1, 0.15) is 0 Å². The second kappa shape index (κ2) is 29.3. The number of hydrogen-bond donors (Lipinski definition) is 0. The van der Waals surface area contributed by atoms with Crippen LogP contribution in [-0.2, 0) is 36.2 Å². The molecule has 0 aliphatic carbocycles. The van der Waals surface area contributed by atoms with E-state index in [1.54, 1.807) is 0 Å². The average Bonchev–Trinajstić information content (AvgIpc) is 2.45. The van der Waals surface area contributed by atoms with Crippen LogP contribution in [0.4, 0.5) is 0 Å². The number of ether oxygens (including phenoxy) is 1. The smallest absolute Gasteiger partial charge is 0 e. The summed E-state index contributed by atoms with van der Waals surface area (Å²) in [6.07, 6.45) is 1.11. The van der Waals surface area contributed by atoms with Crippen LogP contribution >= 0.6 is 0 Å². The summed E-state index contributed by atoms with van der Waals surface area (Å²) in [5.41, 5.74) is 0. The molecule has 5 heteroatoms. The summed E-state index contributed by atoms with van der Waals surface area (Å²) >= 11 is 0. The summed E-state index contributed by atoms with van der Waals surface area (Å²) in [4.78, 5) is 9.84. The zero-order valence-corrected chi connectivity index (χ0v) is 10.6. The zero-order valence-electron chi connectivity index (χ0n) is 9.29. The second-order valence-electron chi connectivity index (χ2n) is 1.88. The molecule has 0 heterocycles. The first kappa shape index (κ1) is 24.6. The molecule has 0 aliphatic heterocycles. The van der Waals surface area contributed by atoms with Crippen LogP contribution in [0.3, 0.4) is 0 Å². The fourth-order valence-electron chi connectivity index (χ4n) is 0.468. The molecular weight excluding hydrogens is 260 g/mol. The zero-order chi connectivity index (χ0) is 13.2. The summed E-state index contributed by atoms with van der Waals surface area (Å²) in [7, 11) is 1.31. The molecule has 0 saturated heterocycles. The SMILES string of the molecule is C=CC(=O)OC.[C-]#[O+].[C-]#[O+].[Cr].c1ccccc1. The Hall–Kier alpha value is -1.56. The van der Waals surface area contributed by atoms with Crippen molar-refractivity contribution in [3.05, 3.63) is 62.4 Å². The molecular formula is C12H12CrO4. The van der Waals surface area contributed by atoms with Gasteiger partial charge in [-0.1, -0.05) is 43.0 Å². The van der Waals surface area contributed by atoms with Gasteiger partial charge in [0.2, 0.25) is 0 Å². The van der Waals surface area contributed by atoms with Crippen LogP contribution in [0, 0.1) is 13.3 Å². The van der Waals surface area contributed by atoms with Gasteiger partial charge in [-0.3, -0.25) is 0 Å². The first-order chi connectivity index (χ1) is 7.81. The Balaban J connectivity index is -0.0000000737. The second-order valence-corrected chi connectivity index (χ2v) is 1.88. The molecule has 0 bridgehead atoms. The third kappa shape index (κ3) is 31.4. The first-order valence-electron chi connectivity index (χ1n) is 3.92. The normalized spacial score (nSPS) is 5.47. The molecule has 90 valence electrons. The molecule has 0 aromatic heterocycles. The van der Waals surface area contributed by atoms with Crippen LogP contribution in [0.2, 0.25) is 0 Å². The molecule has 0 aliphatic rings. The van der Waals surface area contributed by atoms with Gasteiger partial charge in [0, 0.05) is 23.4 Å². The van der Waals surface area contributed by atoms with E-state index < -0.39 is 5.97 Å². The molecule has 0 fully saturated rings. The van der Waals surface area contributed by atoms with E-state index in [0.717, 1.165) is 6.08 Å². The predicted molar refractivity (Wildman–Crippen MR) is 56.5 cm³/mol. The topological polar surface area (TPSA) is 66.1 Å². The quantitative estimate of drug-likeness (QED) is 0.339. The molecule has 0 unspecified atom stereocenters. The molecule has 1 aromatic rings. The minimum Gasteiger partial charge on any atom is -0.0623 e. The van der Waals surface area contributed by atoms with Crippen molar-refractivity contribution in [2.45, 2.75) is 0 Å². The van der Waals surface area contributed by atoms with Crippen LogP contribution < -0.4 is 0 Å². The van der Waals surface area contributed by atoms with Crippen molar-refractivity contribution < 1.29 is 36.2 Å². The first-order valence-corrected chi connectivity index (χ1v) is 3.92. The van der Waals surface area contributed by atoms with Crippen molar-refractivity contribution in [2.75, 3.05) is 7.11 Å². The molecule has 0 saturated carbocycles. The molecule has 4 nitrogen and oxygen atoms in total. The summed E-state index contributed by atoms with van der Waals surface area (Å²) in [6.45, 7) is 12.2. The van der Waals surface area contributed by atoms with E-state index in [-0.39, 0.29) is 17.4 Å². The number of carbonyl (C=O) groups excluding carboxylic acids is 1. The molecule has 0 amide bonds. The van der Waals surface area contributed by atoms with Gasteiger partial charge >= 0.3 is 28.6 Å². The van der Waals surface area contributed by atoms with Crippen LogP contribution in [-0.4, -0.2) is 13.1 Å². The maximum atomic E-state index is 9.84. The Bertz CT molecular complexity index is 260. The monoisotopic (exact) mass is 272 g/mol. The van der Waals surface area contributed by atoms with Crippen molar-refractivity contribution in [3.8, 4) is 0 Å². The van der Waals surface area contributed by atoms with Gasteiger partial charge < -0.3 is 4.74 Å². The maximum Gasteiger partial charge on any atom is 0 e. The van der Waals surface area contributed by atoms with Gasteiger partial charge in [-0.2, -0.15) is 0 Å². The third-order valence-corrected chi connectivity index (χ3v) is 1.03. The number of hydrogen-bond acceptors (Lipinski definition) is 2. The van der Waals surface area contributed by atoms with E-state index in [9.17, 15) is 4.79 Å². The van der Waals surface area contributed by atoms with Gasteiger partial charge in [0.25, 0.3) is 0 Å². The largest absolute Gasteiger partial charge is 0.0623 e. The predicted octanol–water partition coefficient (Wildman–Crippen LogP) is 1.95. The number of methoxy groups -OCH3 is 1. The van der Waals surface area contributed by atoms with E-state index in [1.165, 1.54) is 7.11 Å². The van der Waals surface area contributed by atoms with Crippen molar-refractivity contribution in [1.82, 2.24) is 0 Å². The number of benzene rings is 1. The Morgan fingerprint density at radius 3 is 1.35 bits per heavy atom. The van der Waals surface area contributed by atoms with Crippen LogP contribution in [0.15, 0.2) is 49.1 Å². The van der Waals surface area contributed by atoms with Crippen molar-refractivity contribution in [3.63, 3.8) is 0 Å². The minimum absolute atomic E-state index is 0. The van der Waals surface area contributed by atoms with Gasteiger partial charge in [-0.25, -0.2) is 4.79 Å². The Kier molecular flexibility index (Phi) is 42.4. The average molecular weight is 272 g/mol. The third-order valence-electron chi connectivity index (χ3n) is 1.03. The Morgan fingerprint density at radius 2 is 1.29 bits per heavy atom. The Labute approximate surface area is 112 Å². The van der Waals surface area contributed by atoms with Crippen LogP contribution in [0.1, 0.15) is 0 Å². The van der Waals surface area contributed by atoms with E-state index in [1.807, 2.05) is 36.4 Å². The minimum atomic E-state index is -0.394. The molecule has 0 radical (unpaired) electrons. The summed E-state index contributed by atoms with van der Waals surface area (Å²) in [5.74, 6) is -0.394. The Morgan fingerprint density at radius 1 is 1.06 bits per heavy atom. The van der Waals surface area contributed by atoms with Gasteiger partial charge in [-0.15, -0.1) is 0 Å². The van der Waals surface area contributed by atoms with E-state index >= 15 is 0 Å². The summed E-state index contributed by atoms with van der Waals surface area (Å²) in [5, 5.41) is 0. The molecule has 0 spiro atoms. The van der Waals surface area contributed by atoms with E-state index in [0.29, 0.717) is 0 Å². The fourth-order valence-corrected chi connectivity index (χ4v) is 0.468. The van der Waals surface area contributed by atoms with Gasteiger partial charge in [0.05, 0.1) is 7.11 Å². The molecule has 1 aromatic carbocycles. The number of esters is 1. The van der Waals surface area contributed by atoms with Crippen LogP contribution in [0.25, 0.3) is 0 Å². The fraction of sp³-hybridized carbons (Fsp3) is 0.0833. The van der Waals surface area contributed by atoms with Crippen LogP contribution in [0.5, 0.6) is 0 Å². The van der Waals surface area contributed by atoms with E-state index in [4.69, 9.17) is 9.30 Å². The molecule has 0 atom stereocenters. The van der Waals surface area contributed by atoms with Crippen molar-refractivity contribution >= 4 is 5.97 Å². The number of carbonyl (C=O) groups is 1. The van der Waals surface area contributed by atoms with E-state index in [2.05, 4.69) is 24.6 Å². The van der Waals surface area contributed by atoms with Gasteiger partial charge in [-0.05, 0) is 0 Å². The molecule has 17 heavy (non-hydrogen) atoms. The summed E-state index contributed by atoms with van der Waals surface area (Å²) in [6, 6.07) is 12.0.